The Morgan fingerprint density at radius 2 is 1.78 bits per heavy atom. The van der Waals surface area contributed by atoms with Crippen LogP contribution >= 0.6 is 0 Å². The predicted octanol–water partition coefficient (Wildman–Crippen LogP) is 7.06. The van der Waals surface area contributed by atoms with E-state index in [2.05, 4.69) is 13.0 Å². The molecule has 0 heterocycles. The van der Waals surface area contributed by atoms with E-state index >= 15 is 0 Å². The molecule has 41 heavy (non-hydrogen) atoms. The molecule has 0 bridgehead atoms. The first kappa shape index (κ1) is 32.5. The lowest BCUT2D eigenvalue weighted by Gasteiger charge is -2.32. The third-order valence-electron chi connectivity index (χ3n) is 8.30. The number of hydrogen-bond acceptors (Lipinski definition) is 7. The van der Waals surface area contributed by atoms with Gasteiger partial charge in [0.1, 0.15) is 18.5 Å². The smallest absolute Gasteiger partial charge is 0.482 e. The van der Waals surface area contributed by atoms with Crippen LogP contribution in [0.3, 0.4) is 0 Å². The molecule has 0 radical (unpaired) electrons. The molecular weight excluding hydrogens is 520 g/mol. The Morgan fingerprint density at radius 1 is 1.00 bits per heavy atom. The molecule has 2 aromatic rings. The van der Waals surface area contributed by atoms with Crippen LogP contribution in [0.15, 0.2) is 48.5 Å². The molecule has 5 atom stereocenters. The predicted molar refractivity (Wildman–Crippen MR) is 159 cm³/mol. The molecule has 0 aliphatic heterocycles. The van der Waals surface area contributed by atoms with Crippen LogP contribution in [-0.4, -0.2) is 43.2 Å². The van der Waals surface area contributed by atoms with Crippen molar-refractivity contribution < 1.29 is 33.6 Å². The van der Waals surface area contributed by atoms with E-state index in [1.807, 2.05) is 56.3 Å². The van der Waals surface area contributed by atoms with Gasteiger partial charge in [0, 0.05) is 0 Å². The number of hydrogen-bond donors (Lipinski definition) is 1. The van der Waals surface area contributed by atoms with E-state index in [-0.39, 0.29) is 31.3 Å². The topological polar surface area (TPSA) is 91.3 Å². The number of carbonyl (C=O) groups is 2. The highest BCUT2D eigenvalue weighted by molar-refractivity contribution is 5.71. The number of fused-ring (bicyclic) bond motifs is 2. The van der Waals surface area contributed by atoms with Crippen molar-refractivity contribution in [3.63, 3.8) is 0 Å². The lowest BCUT2D eigenvalue weighted by Crippen LogP contribution is -2.30. The maximum Gasteiger partial charge on any atom is 0.508 e. The summed E-state index contributed by atoms with van der Waals surface area (Å²) in [6, 6.07) is 15.6. The average Bonchev–Trinajstić information content (AvgIpc) is 3.33. The summed E-state index contributed by atoms with van der Waals surface area (Å²) in [5.41, 5.74) is 3.26. The van der Waals surface area contributed by atoms with E-state index in [0.717, 1.165) is 62.5 Å². The molecule has 0 amide bonds. The summed E-state index contributed by atoms with van der Waals surface area (Å²) in [7, 11) is 1.33. The van der Waals surface area contributed by atoms with E-state index in [0.29, 0.717) is 24.0 Å². The number of carbonyl (C=O) groups excluding carboxylic acids is 2. The first-order valence-corrected chi connectivity index (χ1v) is 15.3. The number of benzene rings is 2. The van der Waals surface area contributed by atoms with E-state index in [1.165, 1.54) is 12.7 Å². The number of unbranched alkanes of at least 4 members (excludes halogenated alkanes) is 2. The molecule has 2 aliphatic carbocycles. The Kier molecular flexibility index (Phi) is 13.5. The van der Waals surface area contributed by atoms with Crippen LogP contribution in [-0.2, 0) is 38.5 Å². The van der Waals surface area contributed by atoms with Crippen LogP contribution in [0.2, 0.25) is 0 Å². The second-order valence-corrected chi connectivity index (χ2v) is 10.9. The van der Waals surface area contributed by atoms with Crippen molar-refractivity contribution in [1.29, 1.82) is 0 Å². The Morgan fingerprint density at radius 3 is 2.51 bits per heavy atom. The third-order valence-corrected chi connectivity index (χ3v) is 8.30. The van der Waals surface area contributed by atoms with Gasteiger partial charge in [0.2, 0.25) is 0 Å². The molecular formula is C34H48O7. The number of aliphatic hydroxyl groups is 1. The molecule has 1 saturated carbocycles. The highest BCUT2D eigenvalue weighted by atomic mass is 16.7. The van der Waals surface area contributed by atoms with E-state index < -0.39 is 12.1 Å². The summed E-state index contributed by atoms with van der Waals surface area (Å²) in [6.07, 6.45) is 6.83. The van der Waals surface area contributed by atoms with Gasteiger partial charge in [0.05, 0.1) is 13.2 Å². The summed E-state index contributed by atoms with van der Waals surface area (Å²) < 4.78 is 21.9. The van der Waals surface area contributed by atoms with Gasteiger partial charge in [-0.05, 0) is 79.0 Å². The number of ether oxygens (including phenoxy) is 4. The van der Waals surface area contributed by atoms with Gasteiger partial charge in [-0.15, -0.1) is 0 Å². The monoisotopic (exact) mass is 568 g/mol. The van der Waals surface area contributed by atoms with Gasteiger partial charge in [-0.25, -0.2) is 9.59 Å². The van der Waals surface area contributed by atoms with Gasteiger partial charge in [-0.3, -0.25) is 0 Å². The lowest BCUT2D eigenvalue weighted by molar-refractivity contribution is -0.147. The van der Waals surface area contributed by atoms with Crippen molar-refractivity contribution in [1.82, 2.24) is 0 Å². The summed E-state index contributed by atoms with van der Waals surface area (Å²) in [4.78, 5) is 24.4. The average molecular weight is 569 g/mol. The summed E-state index contributed by atoms with van der Waals surface area (Å²) >= 11 is 0. The second-order valence-electron chi connectivity index (χ2n) is 10.9. The standard InChI is InChI=1S/C32H42O7.C2H6/c1-3-4-6-13-25(33)15-16-26-27-17-23-12-9-14-29(28(23)18-24(27)19-30(26)39-32(35)36-2)37-21-31(34)38-20-22-10-7-5-8-11-22;1-2/h5,7-12,14,24-27,30,33H,3-4,6,13,15-21H2,1-2H3;1-2H3/t24?,25?,26?,27?,30-;/m1./s1. The van der Waals surface area contributed by atoms with E-state index in [4.69, 9.17) is 18.9 Å². The number of esters is 1. The molecule has 7 heteroatoms. The zero-order valence-electron chi connectivity index (χ0n) is 25.2. The van der Waals surface area contributed by atoms with Crippen molar-refractivity contribution >= 4 is 12.1 Å². The van der Waals surface area contributed by atoms with E-state index in [9.17, 15) is 14.7 Å². The van der Waals surface area contributed by atoms with Crippen LogP contribution in [0.4, 0.5) is 4.79 Å². The van der Waals surface area contributed by atoms with Crippen LogP contribution in [0.5, 0.6) is 5.75 Å². The minimum absolute atomic E-state index is 0.149. The molecule has 226 valence electrons. The molecule has 2 aliphatic rings. The fourth-order valence-corrected chi connectivity index (χ4v) is 6.29. The van der Waals surface area contributed by atoms with Gasteiger partial charge in [-0.2, -0.15) is 0 Å². The van der Waals surface area contributed by atoms with Crippen molar-refractivity contribution in [2.75, 3.05) is 13.7 Å². The van der Waals surface area contributed by atoms with Crippen molar-refractivity contribution in [3.05, 3.63) is 65.2 Å². The fourth-order valence-electron chi connectivity index (χ4n) is 6.29. The minimum atomic E-state index is -0.650. The van der Waals surface area contributed by atoms with Crippen LogP contribution in [0.25, 0.3) is 0 Å². The fraction of sp³-hybridized carbons (Fsp3) is 0.588. The molecule has 0 saturated heterocycles. The summed E-state index contributed by atoms with van der Waals surface area (Å²) in [5.74, 6) is 1.14. The van der Waals surface area contributed by atoms with Crippen molar-refractivity contribution in [3.8, 4) is 5.75 Å². The molecule has 1 fully saturated rings. The van der Waals surface area contributed by atoms with Gasteiger partial charge >= 0.3 is 12.1 Å². The van der Waals surface area contributed by atoms with Gasteiger partial charge in [-0.1, -0.05) is 82.5 Å². The van der Waals surface area contributed by atoms with Gasteiger partial charge in [0.25, 0.3) is 0 Å². The highest BCUT2D eigenvalue weighted by Gasteiger charge is 2.47. The molecule has 0 spiro atoms. The zero-order valence-corrected chi connectivity index (χ0v) is 25.2. The molecule has 7 nitrogen and oxygen atoms in total. The quantitative estimate of drug-likeness (QED) is 0.204. The Balaban J connectivity index is 0.00000226. The van der Waals surface area contributed by atoms with E-state index in [1.54, 1.807) is 0 Å². The first-order valence-electron chi connectivity index (χ1n) is 15.3. The van der Waals surface area contributed by atoms with Crippen LogP contribution in [0.1, 0.15) is 82.4 Å². The maximum absolute atomic E-state index is 12.3. The molecule has 1 N–H and O–H groups in total. The zero-order chi connectivity index (χ0) is 29.6. The number of methoxy groups -OCH3 is 1. The lowest BCUT2D eigenvalue weighted by atomic mass is 9.73. The normalized spacial score (nSPS) is 21.4. The molecule has 0 aromatic heterocycles. The van der Waals surface area contributed by atoms with Crippen LogP contribution < -0.4 is 4.74 Å². The Bertz CT molecular complexity index is 1070. The minimum Gasteiger partial charge on any atom is -0.482 e. The maximum atomic E-state index is 12.3. The van der Waals surface area contributed by atoms with Crippen molar-refractivity contribution in [2.45, 2.75) is 97.4 Å². The second kappa shape index (κ2) is 17.0. The first-order chi connectivity index (χ1) is 20.0. The molecule has 2 aromatic carbocycles. The third kappa shape index (κ3) is 9.49. The largest absolute Gasteiger partial charge is 0.508 e. The SMILES string of the molecule is CC.CCCCCC(O)CCC1C2Cc3cccc(OCC(=O)OCc4ccccc4)c3CC2C[C@H]1OC(=O)OC. The van der Waals surface area contributed by atoms with Crippen LogP contribution in [0, 0.1) is 17.8 Å². The highest BCUT2D eigenvalue weighted by Crippen LogP contribution is 2.49. The Labute approximate surface area is 245 Å². The van der Waals surface area contributed by atoms with Gasteiger partial charge in [0.15, 0.2) is 6.61 Å². The summed E-state index contributed by atoms with van der Waals surface area (Å²) in [5, 5.41) is 10.6. The Hall–Kier alpha value is -3.06. The van der Waals surface area contributed by atoms with Gasteiger partial charge < -0.3 is 24.1 Å². The summed E-state index contributed by atoms with van der Waals surface area (Å²) in [6.45, 7) is 6.23. The number of aliphatic hydroxyl groups excluding tert-OH is 1. The van der Waals surface area contributed by atoms with Crippen molar-refractivity contribution in [2.24, 2.45) is 17.8 Å². The number of rotatable bonds is 13. The molecule has 4 unspecified atom stereocenters. The molecule has 4 rings (SSSR count).